The fraction of sp³-hybridized carbons (Fsp3) is 0.357. The number of nitrogens with zero attached hydrogens (tertiary/aromatic N) is 1. The number of pyridine rings is 1. The lowest BCUT2D eigenvalue weighted by Crippen LogP contribution is -2.19. The monoisotopic (exact) mass is 279 g/mol. The van der Waals surface area contributed by atoms with Crippen molar-refractivity contribution in [1.82, 2.24) is 4.98 Å². The molecular formula is C14H14ClNO3. The highest BCUT2D eigenvalue weighted by Gasteiger charge is 2.28. The zero-order chi connectivity index (χ0) is 13.8. The minimum atomic E-state index is -0.758. The van der Waals surface area contributed by atoms with E-state index in [0.717, 1.165) is 12.8 Å². The first-order valence-corrected chi connectivity index (χ1v) is 6.48. The molecule has 19 heavy (non-hydrogen) atoms. The molecule has 1 heterocycles. The normalized spacial score (nSPS) is 16.7. The van der Waals surface area contributed by atoms with Gasteiger partial charge in [-0.2, -0.15) is 0 Å². The maximum atomic E-state index is 12.0. The summed E-state index contributed by atoms with van der Waals surface area (Å²) in [6, 6.07) is 3.41. The van der Waals surface area contributed by atoms with Crippen LogP contribution in [0.2, 0.25) is 5.15 Å². The van der Waals surface area contributed by atoms with Gasteiger partial charge in [0.15, 0.2) is 11.9 Å². The molecule has 0 spiro atoms. The maximum Gasteiger partial charge on any atom is 0.303 e. The first kappa shape index (κ1) is 13.7. The summed E-state index contributed by atoms with van der Waals surface area (Å²) in [6.07, 6.45) is 4.72. The number of carbonyl (C=O) groups excluding carboxylic acids is 2. The predicted octanol–water partition coefficient (Wildman–Crippen LogP) is 3.02. The molecule has 1 atom stereocenters. The molecule has 100 valence electrons. The van der Waals surface area contributed by atoms with Gasteiger partial charge in [-0.1, -0.05) is 23.7 Å². The third-order valence-corrected chi connectivity index (χ3v) is 3.25. The lowest BCUT2D eigenvalue weighted by molar-refractivity contribution is -0.145. The van der Waals surface area contributed by atoms with Gasteiger partial charge in [0.1, 0.15) is 5.15 Å². The number of ether oxygens (including phenoxy) is 1. The molecule has 2 rings (SSSR count). The van der Waals surface area contributed by atoms with Gasteiger partial charge >= 0.3 is 5.97 Å². The van der Waals surface area contributed by atoms with Crippen molar-refractivity contribution in [2.24, 2.45) is 0 Å². The Hall–Kier alpha value is -1.68. The van der Waals surface area contributed by atoms with Gasteiger partial charge in [-0.15, -0.1) is 0 Å². The quantitative estimate of drug-likeness (QED) is 0.630. The molecule has 0 saturated heterocycles. The van der Waals surface area contributed by atoms with Crippen LogP contribution in [0.5, 0.6) is 0 Å². The minimum absolute atomic E-state index is 0.00239. The number of aromatic nitrogens is 1. The summed E-state index contributed by atoms with van der Waals surface area (Å²) in [7, 11) is 0. The third kappa shape index (κ3) is 3.20. The lowest BCUT2D eigenvalue weighted by atomic mass is 9.91. The van der Waals surface area contributed by atoms with Gasteiger partial charge < -0.3 is 4.74 Å². The standard InChI is InChI=1S/C14H14ClNO3/c1-9(17)19-13(10-5-2-3-7-12(10)18)11-6-4-8-16-14(11)15/h4-6,8,13H,2-3,7H2,1H3. The Kier molecular flexibility index (Phi) is 4.32. The minimum Gasteiger partial charge on any atom is -0.452 e. The summed E-state index contributed by atoms with van der Waals surface area (Å²) in [4.78, 5) is 27.2. The topological polar surface area (TPSA) is 56.3 Å². The fourth-order valence-electron chi connectivity index (χ4n) is 2.09. The van der Waals surface area contributed by atoms with Gasteiger partial charge in [0.25, 0.3) is 0 Å². The van der Waals surface area contributed by atoms with Crippen LogP contribution in [0.3, 0.4) is 0 Å². The zero-order valence-electron chi connectivity index (χ0n) is 10.6. The first-order valence-electron chi connectivity index (χ1n) is 6.10. The highest BCUT2D eigenvalue weighted by atomic mass is 35.5. The second-order valence-electron chi connectivity index (χ2n) is 4.35. The fourth-order valence-corrected chi connectivity index (χ4v) is 2.30. The average Bonchev–Trinajstić information content (AvgIpc) is 2.37. The van der Waals surface area contributed by atoms with Crippen LogP contribution in [-0.2, 0) is 14.3 Å². The summed E-state index contributed by atoms with van der Waals surface area (Å²) in [6.45, 7) is 1.31. The Labute approximate surface area is 116 Å². The van der Waals surface area contributed by atoms with Crippen LogP contribution in [0, 0.1) is 0 Å². The van der Waals surface area contributed by atoms with E-state index in [9.17, 15) is 9.59 Å². The second kappa shape index (κ2) is 5.97. The van der Waals surface area contributed by atoms with Crippen LogP contribution in [0.15, 0.2) is 30.0 Å². The number of allylic oxidation sites excluding steroid dienone is 1. The van der Waals surface area contributed by atoms with E-state index in [4.69, 9.17) is 16.3 Å². The van der Waals surface area contributed by atoms with E-state index in [1.165, 1.54) is 6.92 Å². The smallest absolute Gasteiger partial charge is 0.303 e. The van der Waals surface area contributed by atoms with Crippen molar-refractivity contribution in [2.75, 3.05) is 0 Å². The Morgan fingerprint density at radius 1 is 1.53 bits per heavy atom. The number of hydrogen-bond acceptors (Lipinski definition) is 4. The van der Waals surface area contributed by atoms with Crippen LogP contribution < -0.4 is 0 Å². The van der Waals surface area contributed by atoms with Crippen molar-refractivity contribution >= 4 is 23.4 Å². The third-order valence-electron chi connectivity index (χ3n) is 2.93. The molecule has 1 unspecified atom stereocenters. The molecule has 0 radical (unpaired) electrons. The molecule has 0 saturated carbocycles. The Morgan fingerprint density at radius 3 is 2.95 bits per heavy atom. The number of rotatable bonds is 3. The van der Waals surface area contributed by atoms with E-state index in [2.05, 4.69) is 4.98 Å². The van der Waals surface area contributed by atoms with Crippen molar-refractivity contribution in [3.63, 3.8) is 0 Å². The molecule has 1 aliphatic rings. The summed E-state index contributed by atoms with van der Waals surface area (Å²) in [5, 5.41) is 0.244. The van der Waals surface area contributed by atoms with Crippen LogP contribution in [0.25, 0.3) is 0 Å². The summed E-state index contributed by atoms with van der Waals surface area (Å²) >= 11 is 6.03. The predicted molar refractivity (Wildman–Crippen MR) is 70.7 cm³/mol. The second-order valence-corrected chi connectivity index (χ2v) is 4.71. The van der Waals surface area contributed by atoms with Crippen LogP contribution in [0.4, 0.5) is 0 Å². The molecule has 1 aliphatic carbocycles. The lowest BCUT2D eigenvalue weighted by Gasteiger charge is -2.22. The van der Waals surface area contributed by atoms with Crippen molar-refractivity contribution in [1.29, 1.82) is 0 Å². The molecule has 0 N–H and O–H groups in total. The molecule has 1 aromatic heterocycles. The van der Waals surface area contributed by atoms with Crippen LogP contribution in [0.1, 0.15) is 37.9 Å². The molecule has 4 nitrogen and oxygen atoms in total. The number of Topliss-reactive ketones (excluding diaryl/α,β-unsaturated/α-hetero) is 1. The molecule has 0 aromatic carbocycles. The van der Waals surface area contributed by atoms with Crippen molar-refractivity contribution in [3.8, 4) is 0 Å². The Balaban J connectivity index is 2.41. The van der Waals surface area contributed by atoms with Gasteiger partial charge in [-0.05, 0) is 18.9 Å². The molecule has 5 heteroatoms. The van der Waals surface area contributed by atoms with E-state index in [1.807, 2.05) is 6.08 Å². The largest absolute Gasteiger partial charge is 0.452 e. The summed E-state index contributed by atoms with van der Waals surface area (Å²) < 4.78 is 5.27. The SMILES string of the molecule is CC(=O)OC(C1=CCCCC1=O)c1cccnc1Cl. The van der Waals surface area contributed by atoms with Crippen LogP contribution >= 0.6 is 11.6 Å². The first-order chi connectivity index (χ1) is 9.09. The van der Waals surface area contributed by atoms with Gasteiger partial charge in [-0.25, -0.2) is 4.98 Å². The molecular weight excluding hydrogens is 266 g/mol. The zero-order valence-corrected chi connectivity index (χ0v) is 11.3. The van der Waals surface area contributed by atoms with Crippen LogP contribution in [-0.4, -0.2) is 16.7 Å². The van der Waals surface area contributed by atoms with E-state index in [1.54, 1.807) is 18.3 Å². The number of esters is 1. The molecule has 0 aliphatic heterocycles. The highest BCUT2D eigenvalue weighted by molar-refractivity contribution is 6.30. The van der Waals surface area contributed by atoms with Gasteiger partial charge in [0, 0.05) is 30.7 Å². The Bertz CT molecular complexity index is 539. The van der Waals surface area contributed by atoms with E-state index >= 15 is 0 Å². The van der Waals surface area contributed by atoms with Gasteiger partial charge in [0.2, 0.25) is 0 Å². The van der Waals surface area contributed by atoms with E-state index < -0.39 is 12.1 Å². The number of carbonyl (C=O) groups is 2. The van der Waals surface area contributed by atoms with E-state index in [0.29, 0.717) is 17.6 Å². The number of halogens is 1. The van der Waals surface area contributed by atoms with Gasteiger partial charge in [0.05, 0.1) is 0 Å². The van der Waals surface area contributed by atoms with Crippen molar-refractivity contribution in [3.05, 3.63) is 40.7 Å². The van der Waals surface area contributed by atoms with Crippen molar-refractivity contribution < 1.29 is 14.3 Å². The summed E-state index contributed by atoms with van der Waals surface area (Å²) in [5.74, 6) is -0.457. The molecule has 0 amide bonds. The maximum absolute atomic E-state index is 12.0. The molecule has 0 bridgehead atoms. The number of hydrogen-bond donors (Lipinski definition) is 0. The summed E-state index contributed by atoms with van der Waals surface area (Å²) in [5.41, 5.74) is 1.04. The molecule has 1 aromatic rings. The highest BCUT2D eigenvalue weighted by Crippen LogP contribution is 2.33. The number of ketones is 1. The average molecular weight is 280 g/mol. The van der Waals surface area contributed by atoms with Crippen molar-refractivity contribution in [2.45, 2.75) is 32.3 Å². The van der Waals surface area contributed by atoms with Gasteiger partial charge in [-0.3, -0.25) is 9.59 Å². The molecule has 0 fully saturated rings. The van der Waals surface area contributed by atoms with E-state index in [-0.39, 0.29) is 10.9 Å². The Morgan fingerprint density at radius 2 is 2.32 bits per heavy atom.